The van der Waals surface area contributed by atoms with Crippen molar-refractivity contribution in [1.29, 1.82) is 0 Å². The summed E-state index contributed by atoms with van der Waals surface area (Å²) in [4.78, 5) is 11.0. The van der Waals surface area contributed by atoms with E-state index in [9.17, 15) is 4.79 Å². The lowest BCUT2D eigenvalue weighted by Crippen LogP contribution is -2.26. The monoisotopic (exact) mass is 377 g/mol. The number of carbonyl (C=O) groups excluding carboxylic acids is 1. The molecule has 0 aromatic heterocycles. The van der Waals surface area contributed by atoms with Crippen LogP contribution in [0.25, 0.3) is 0 Å². The van der Waals surface area contributed by atoms with Crippen LogP contribution in [0.4, 0.5) is 11.4 Å². The molecule has 5 N–H and O–H groups in total. The molecule has 0 aliphatic rings. The molecular weight excluding hydrogens is 354 g/mol. The topological polar surface area (TPSA) is 116 Å². The predicted molar refractivity (Wildman–Crippen MR) is 116 cm³/mol. The van der Waals surface area contributed by atoms with Crippen LogP contribution in [-0.4, -0.2) is 24.3 Å². The van der Waals surface area contributed by atoms with Crippen LogP contribution < -0.4 is 21.8 Å². The molecule has 0 bridgehead atoms. The molecule has 1 amide bonds. The highest BCUT2D eigenvalue weighted by Crippen LogP contribution is 2.10. The molecule has 0 saturated heterocycles. The maximum Gasteiger partial charge on any atom is 0.234 e. The number of nitrogens with zero attached hydrogens (tertiary/aromatic N) is 3. The van der Waals surface area contributed by atoms with Crippen molar-refractivity contribution in [2.45, 2.75) is 13.8 Å². The predicted octanol–water partition coefficient (Wildman–Crippen LogP) is 2.86. The van der Waals surface area contributed by atoms with Crippen molar-refractivity contribution in [3.8, 4) is 0 Å². The van der Waals surface area contributed by atoms with E-state index < -0.39 is 0 Å². The van der Waals surface area contributed by atoms with E-state index in [0.717, 1.165) is 28.2 Å². The van der Waals surface area contributed by atoms with Crippen LogP contribution in [0.15, 0.2) is 76.1 Å². The number of hydrogen-bond acceptors (Lipinski definition) is 5. The summed E-state index contributed by atoms with van der Waals surface area (Å²) in [7, 11) is 0. The van der Waals surface area contributed by atoms with E-state index in [-0.39, 0.29) is 11.9 Å². The summed E-state index contributed by atoms with van der Waals surface area (Å²) >= 11 is 0. The number of carbonyl (C=O) groups is 1. The number of nitrogens with two attached hydrogens (primary N) is 1. The molecule has 0 unspecified atom stereocenters. The molecule has 0 spiro atoms. The molecule has 0 heterocycles. The highest BCUT2D eigenvalue weighted by atomic mass is 16.1. The lowest BCUT2D eigenvalue weighted by molar-refractivity contribution is -0.114. The SMILES string of the molecule is C=C(C)Nc1ccc(/C=N/N=C(N)N/N=C/c2ccc(NC(C)=O)cc2)cc1. The van der Waals surface area contributed by atoms with Gasteiger partial charge in [-0.1, -0.05) is 30.8 Å². The smallest absolute Gasteiger partial charge is 0.234 e. The number of hydrazone groups is 1. The Morgan fingerprint density at radius 2 is 1.46 bits per heavy atom. The molecule has 0 radical (unpaired) electrons. The van der Waals surface area contributed by atoms with Crippen molar-refractivity contribution in [3.63, 3.8) is 0 Å². The Labute approximate surface area is 163 Å². The van der Waals surface area contributed by atoms with Gasteiger partial charge in [-0.15, -0.1) is 5.10 Å². The second-order valence-corrected chi connectivity index (χ2v) is 5.93. The summed E-state index contributed by atoms with van der Waals surface area (Å²) in [5, 5.41) is 17.6. The van der Waals surface area contributed by atoms with Crippen LogP contribution >= 0.6 is 0 Å². The van der Waals surface area contributed by atoms with Gasteiger partial charge in [0.1, 0.15) is 0 Å². The highest BCUT2D eigenvalue weighted by Gasteiger charge is 1.95. The number of allylic oxidation sites excluding steroid dienone is 1. The molecule has 0 fully saturated rings. The van der Waals surface area contributed by atoms with Crippen LogP contribution in [0, 0.1) is 0 Å². The van der Waals surface area contributed by atoms with Gasteiger partial charge in [0.05, 0.1) is 12.4 Å². The molecule has 0 aliphatic carbocycles. The fourth-order valence-corrected chi connectivity index (χ4v) is 2.11. The van der Waals surface area contributed by atoms with Gasteiger partial charge in [0.25, 0.3) is 0 Å². The summed E-state index contributed by atoms with van der Waals surface area (Å²) in [6, 6.07) is 14.8. The average molecular weight is 377 g/mol. The van der Waals surface area contributed by atoms with E-state index in [4.69, 9.17) is 5.73 Å². The van der Waals surface area contributed by atoms with E-state index >= 15 is 0 Å². The van der Waals surface area contributed by atoms with Gasteiger partial charge in [-0.05, 0) is 42.3 Å². The van der Waals surface area contributed by atoms with Gasteiger partial charge in [0.15, 0.2) is 0 Å². The number of anilines is 2. The van der Waals surface area contributed by atoms with Gasteiger partial charge in [-0.2, -0.15) is 10.2 Å². The summed E-state index contributed by atoms with van der Waals surface area (Å²) in [6.45, 7) is 7.15. The van der Waals surface area contributed by atoms with Crippen LogP contribution in [0.3, 0.4) is 0 Å². The Kier molecular flexibility index (Phi) is 7.47. The Balaban J connectivity index is 1.84. The third-order valence-corrected chi connectivity index (χ3v) is 3.26. The number of hydrogen-bond donors (Lipinski definition) is 4. The molecule has 0 atom stereocenters. The number of benzene rings is 2. The molecule has 144 valence electrons. The van der Waals surface area contributed by atoms with Gasteiger partial charge in [-0.3, -0.25) is 4.79 Å². The minimum Gasteiger partial charge on any atom is -0.367 e. The standard InChI is InChI=1S/C20H23N7O/c1-14(2)24-18-8-4-16(5-9-18)12-22-26-20(21)27-23-13-17-6-10-19(11-7-17)25-15(3)28/h4-13,24H,1H2,2-3H3,(H,25,28)(H3,21,26,27)/b22-12+,23-13+. The zero-order valence-corrected chi connectivity index (χ0v) is 15.8. The molecule has 2 rings (SSSR count). The van der Waals surface area contributed by atoms with Gasteiger partial charge in [0, 0.05) is 24.0 Å². The highest BCUT2D eigenvalue weighted by molar-refractivity contribution is 5.89. The Hall–Kier alpha value is -3.94. The molecule has 0 aliphatic heterocycles. The first-order valence-electron chi connectivity index (χ1n) is 8.48. The number of amides is 1. The van der Waals surface area contributed by atoms with Crippen LogP contribution in [0.1, 0.15) is 25.0 Å². The second kappa shape index (κ2) is 10.3. The van der Waals surface area contributed by atoms with Crippen molar-refractivity contribution < 1.29 is 4.79 Å². The minimum atomic E-state index is -0.118. The van der Waals surface area contributed by atoms with E-state index in [1.54, 1.807) is 24.6 Å². The summed E-state index contributed by atoms with van der Waals surface area (Å²) in [5.41, 5.74) is 12.5. The maximum atomic E-state index is 11.0. The Morgan fingerprint density at radius 1 is 0.929 bits per heavy atom. The van der Waals surface area contributed by atoms with Gasteiger partial charge in [0.2, 0.25) is 11.9 Å². The molecule has 8 heteroatoms. The van der Waals surface area contributed by atoms with Crippen molar-refractivity contribution in [3.05, 3.63) is 71.9 Å². The quantitative estimate of drug-likeness (QED) is 0.337. The first-order chi connectivity index (χ1) is 13.4. The van der Waals surface area contributed by atoms with Gasteiger partial charge < -0.3 is 16.4 Å². The van der Waals surface area contributed by atoms with Gasteiger partial charge in [-0.25, -0.2) is 5.43 Å². The third kappa shape index (κ3) is 7.52. The number of nitrogens with one attached hydrogen (secondary N) is 3. The number of rotatable bonds is 7. The first-order valence-corrected chi connectivity index (χ1v) is 8.48. The molecule has 2 aromatic carbocycles. The second-order valence-electron chi connectivity index (χ2n) is 5.93. The molecule has 8 nitrogen and oxygen atoms in total. The zero-order chi connectivity index (χ0) is 20.4. The van der Waals surface area contributed by atoms with Crippen molar-refractivity contribution in [2.24, 2.45) is 21.0 Å². The Bertz CT molecular complexity index is 897. The maximum absolute atomic E-state index is 11.0. The van der Waals surface area contributed by atoms with E-state index in [2.05, 4.69) is 37.9 Å². The summed E-state index contributed by atoms with van der Waals surface area (Å²) < 4.78 is 0. The molecular formula is C20H23N7O. The van der Waals surface area contributed by atoms with E-state index in [1.807, 2.05) is 43.3 Å². The molecule has 2 aromatic rings. The third-order valence-electron chi connectivity index (χ3n) is 3.26. The first kappa shape index (κ1) is 20.4. The normalized spacial score (nSPS) is 11.6. The fourth-order valence-electron chi connectivity index (χ4n) is 2.11. The van der Waals surface area contributed by atoms with E-state index in [1.165, 1.54) is 6.92 Å². The minimum absolute atomic E-state index is 0.0583. The summed E-state index contributed by atoms with van der Waals surface area (Å²) in [5.74, 6) is -0.0602. The van der Waals surface area contributed by atoms with Crippen molar-refractivity contribution in [2.75, 3.05) is 10.6 Å². The van der Waals surface area contributed by atoms with Crippen molar-refractivity contribution >= 4 is 35.7 Å². The number of guanidine groups is 1. The van der Waals surface area contributed by atoms with E-state index in [0.29, 0.717) is 0 Å². The average Bonchev–Trinajstić information content (AvgIpc) is 2.64. The van der Waals surface area contributed by atoms with Crippen LogP contribution in [0.2, 0.25) is 0 Å². The van der Waals surface area contributed by atoms with Crippen LogP contribution in [0.5, 0.6) is 0 Å². The Morgan fingerprint density at radius 3 is 2.00 bits per heavy atom. The molecule has 0 saturated carbocycles. The lowest BCUT2D eigenvalue weighted by atomic mass is 10.2. The largest absolute Gasteiger partial charge is 0.367 e. The lowest BCUT2D eigenvalue weighted by Gasteiger charge is -2.04. The summed E-state index contributed by atoms with van der Waals surface area (Å²) in [6.07, 6.45) is 3.17. The zero-order valence-electron chi connectivity index (χ0n) is 15.8. The van der Waals surface area contributed by atoms with Crippen molar-refractivity contribution in [1.82, 2.24) is 5.43 Å². The fraction of sp³-hybridized carbons (Fsp3) is 0.100. The van der Waals surface area contributed by atoms with Gasteiger partial charge >= 0.3 is 0 Å². The van der Waals surface area contributed by atoms with Crippen LogP contribution in [-0.2, 0) is 4.79 Å². The molecule has 28 heavy (non-hydrogen) atoms.